The molecule has 0 saturated heterocycles. The highest BCUT2D eigenvalue weighted by atomic mass is 14.7. The largest absolute Gasteiger partial charge is 0.327 e. The third-order valence-electron chi connectivity index (χ3n) is 2.67. The van der Waals surface area contributed by atoms with Gasteiger partial charge in [0.15, 0.2) is 0 Å². The lowest BCUT2D eigenvalue weighted by molar-refractivity contribution is 0.509. The molecular formula is C11H21N. The van der Waals surface area contributed by atoms with Crippen molar-refractivity contribution in [2.75, 3.05) is 0 Å². The molecule has 1 nitrogen and oxygen atoms in total. The fourth-order valence-corrected chi connectivity index (χ4v) is 1.61. The van der Waals surface area contributed by atoms with Crippen molar-refractivity contribution in [3.05, 3.63) is 12.7 Å². The summed E-state index contributed by atoms with van der Waals surface area (Å²) in [6.45, 7) is 3.71. The third-order valence-corrected chi connectivity index (χ3v) is 2.67. The van der Waals surface area contributed by atoms with Crippen LogP contribution in [0.15, 0.2) is 12.7 Å². The van der Waals surface area contributed by atoms with Gasteiger partial charge in [-0.05, 0) is 38.0 Å². The second kappa shape index (κ2) is 5.36. The molecule has 70 valence electrons. The Morgan fingerprint density at radius 3 is 2.67 bits per heavy atom. The van der Waals surface area contributed by atoms with E-state index in [9.17, 15) is 0 Å². The van der Waals surface area contributed by atoms with E-state index in [0.717, 1.165) is 5.92 Å². The number of rotatable bonds is 7. The van der Waals surface area contributed by atoms with Crippen molar-refractivity contribution in [1.29, 1.82) is 0 Å². The van der Waals surface area contributed by atoms with Gasteiger partial charge in [0.05, 0.1) is 0 Å². The fourth-order valence-electron chi connectivity index (χ4n) is 1.61. The molecule has 0 aromatic rings. The Morgan fingerprint density at radius 1 is 1.33 bits per heavy atom. The molecule has 2 N–H and O–H groups in total. The highest BCUT2D eigenvalue weighted by Crippen LogP contribution is 2.33. The van der Waals surface area contributed by atoms with E-state index in [1.165, 1.54) is 44.9 Å². The molecule has 0 amide bonds. The van der Waals surface area contributed by atoms with Crippen LogP contribution in [0.3, 0.4) is 0 Å². The maximum atomic E-state index is 5.97. The van der Waals surface area contributed by atoms with E-state index in [4.69, 9.17) is 5.73 Å². The quantitative estimate of drug-likeness (QED) is 0.458. The second-order valence-corrected chi connectivity index (χ2v) is 3.93. The Bertz CT molecular complexity index is 127. The highest BCUT2D eigenvalue weighted by molar-refractivity contribution is 4.83. The summed E-state index contributed by atoms with van der Waals surface area (Å²) in [5, 5.41) is 0. The van der Waals surface area contributed by atoms with Crippen molar-refractivity contribution in [3.8, 4) is 0 Å². The zero-order valence-corrected chi connectivity index (χ0v) is 7.97. The van der Waals surface area contributed by atoms with Gasteiger partial charge < -0.3 is 5.73 Å². The van der Waals surface area contributed by atoms with Crippen LogP contribution < -0.4 is 5.73 Å². The maximum absolute atomic E-state index is 5.97. The summed E-state index contributed by atoms with van der Waals surface area (Å²) in [6.07, 6.45) is 11.1. The monoisotopic (exact) mass is 167 g/mol. The molecule has 0 bridgehead atoms. The van der Waals surface area contributed by atoms with Crippen LogP contribution in [0.2, 0.25) is 0 Å². The molecule has 0 aliphatic heterocycles. The third kappa shape index (κ3) is 3.91. The topological polar surface area (TPSA) is 26.0 Å². The summed E-state index contributed by atoms with van der Waals surface area (Å²) >= 11 is 0. The number of nitrogens with two attached hydrogens (primary N) is 1. The Kier molecular flexibility index (Phi) is 4.37. The zero-order chi connectivity index (χ0) is 8.81. The molecule has 0 heterocycles. The molecule has 1 atom stereocenters. The molecule has 1 heteroatoms. The minimum absolute atomic E-state index is 0.508. The number of hydrogen-bond acceptors (Lipinski definition) is 1. The molecular weight excluding hydrogens is 146 g/mol. The highest BCUT2D eigenvalue weighted by Gasteiger charge is 2.27. The number of hydrogen-bond donors (Lipinski definition) is 1. The van der Waals surface area contributed by atoms with E-state index in [1.54, 1.807) is 0 Å². The van der Waals surface area contributed by atoms with E-state index in [-0.39, 0.29) is 0 Å². The molecule has 1 aliphatic rings. The lowest BCUT2D eigenvalue weighted by Crippen LogP contribution is -2.21. The van der Waals surface area contributed by atoms with Crippen LogP contribution in [-0.4, -0.2) is 6.04 Å². The predicted molar refractivity (Wildman–Crippen MR) is 54.0 cm³/mol. The molecule has 0 aromatic heterocycles. The van der Waals surface area contributed by atoms with Gasteiger partial charge in [-0.15, -0.1) is 6.58 Å². The van der Waals surface area contributed by atoms with Gasteiger partial charge in [-0.1, -0.05) is 18.9 Å². The van der Waals surface area contributed by atoms with Crippen LogP contribution in [-0.2, 0) is 0 Å². The molecule has 0 radical (unpaired) electrons. The van der Waals surface area contributed by atoms with Crippen LogP contribution >= 0.6 is 0 Å². The predicted octanol–water partition coefficient (Wildman–Crippen LogP) is 2.86. The van der Waals surface area contributed by atoms with E-state index in [1.807, 2.05) is 6.08 Å². The van der Waals surface area contributed by atoms with E-state index >= 15 is 0 Å². The zero-order valence-electron chi connectivity index (χ0n) is 7.97. The summed E-state index contributed by atoms with van der Waals surface area (Å²) in [4.78, 5) is 0. The Hall–Kier alpha value is -0.300. The standard InChI is InChI=1S/C11H21N/c1-2-3-4-5-6-7-11(12)10-8-9-10/h2,10-11H,1,3-9,12H2. The summed E-state index contributed by atoms with van der Waals surface area (Å²) in [6, 6.07) is 0.508. The van der Waals surface area contributed by atoms with Crippen LogP contribution in [0.1, 0.15) is 44.9 Å². The molecule has 0 spiro atoms. The van der Waals surface area contributed by atoms with Crippen molar-refractivity contribution in [1.82, 2.24) is 0 Å². The molecule has 0 aromatic carbocycles. The molecule has 1 aliphatic carbocycles. The van der Waals surface area contributed by atoms with E-state index in [2.05, 4.69) is 6.58 Å². The van der Waals surface area contributed by atoms with Gasteiger partial charge in [0.2, 0.25) is 0 Å². The van der Waals surface area contributed by atoms with Crippen molar-refractivity contribution in [2.24, 2.45) is 11.7 Å². The van der Waals surface area contributed by atoms with Gasteiger partial charge in [0.1, 0.15) is 0 Å². The Morgan fingerprint density at radius 2 is 2.08 bits per heavy atom. The van der Waals surface area contributed by atoms with Gasteiger partial charge in [-0.2, -0.15) is 0 Å². The lowest BCUT2D eigenvalue weighted by Gasteiger charge is -2.08. The maximum Gasteiger partial charge on any atom is 0.00671 e. The first kappa shape index (κ1) is 9.79. The number of unbranched alkanes of at least 4 members (excludes halogenated alkanes) is 3. The van der Waals surface area contributed by atoms with Crippen LogP contribution in [0.5, 0.6) is 0 Å². The summed E-state index contributed by atoms with van der Waals surface area (Å²) in [5.41, 5.74) is 5.97. The van der Waals surface area contributed by atoms with Gasteiger partial charge in [0.25, 0.3) is 0 Å². The molecule has 12 heavy (non-hydrogen) atoms. The van der Waals surface area contributed by atoms with Crippen LogP contribution in [0.4, 0.5) is 0 Å². The average molecular weight is 167 g/mol. The van der Waals surface area contributed by atoms with Crippen molar-refractivity contribution < 1.29 is 0 Å². The van der Waals surface area contributed by atoms with Crippen molar-refractivity contribution in [2.45, 2.75) is 51.0 Å². The number of allylic oxidation sites excluding steroid dienone is 1. The molecule has 1 saturated carbocycles. The lowest BCUT2D eigenvalue weighted by atomic mass is 10.0. The van der Waals surface area contributed by atoms with Crippen LogP contribution in [0.25, 0.3) is 0 Å². The first-order chi connectivity index (χ1) is 5.84. The summed E-state index contributed by atoms with van der Waals surface area (Å²) in [5.74, 6) is 0.879. The summed E-state index contributed by atoms with van der Waals surface area (Å²) in [7, 11) is 0. The first-order valence-electron chi connectivity index (χ1n) is 5.21. The molecule has 1 fully saturated rings. The van der Waals surface area contributed by atoms with Gasteiger partial charge >= 0.3 is 0 Å². The van der Waals surface area contributed by atoms with E-state index in [0.29, 0.717) is 6.04 Å². The molecule has 1 rings (SSSR count). The SMILES string of the molecule is C=CCCCCCC(N)C1CC1. The van der Waals surface area contributed by atoms with Gasteiger partial charge in [-0.3, -0.25) is 0 Å². The first-order valence-corrected chi connectivity index (χ1v) is 5.21. The van der Waals surface area contributed by atoms with E-state index < -0.39 is 0 Å². The van der Waals surface area contributed by atoms with Crippen LogP contribution in [0, 0.1) is 5.92 Å². The summed E-state index contributed by atoms with van der Waals surface area (Å²) < 4.78 is 0. The molecule has 1 unspecified atom stereocenters. The van der Waals surface area contributed by atoms with Crippen molar-refractivity contribution in [3.63, 3.8) is 0 Å². The fraction of sp³-hybridized carbons (Fsp3) is 0.818. The smallest absolute Gasteiger partial charge is 0.00671 e. The minimum atomic E-state index is 0.508. The van der Waals surface area contributed by atoms with Crippen molar-refractivity contribution >= 4 is 0 Å². The second-order valence-electron chi connectivity index (χ2n) is 3.93. The Labute approximate surface area is 76.0 Å². The van der Waals surface area contributed by atoms with Gasteiger partial charge in [-0.25, -0.2) is 0 Å². The Balaban J connectivity index is 1.84. The normalized spacial score (nSPS) is 19.1. The average Bonchev–Trinajstić information content (AvgIpc) is 2.86. The van der Waals surface area contributed by atoms with Gasteiger partial charge in [0, 0.05) is 6.04 Å². The minimum Gasteiger partial charge on any atom is -0.327 e.